The van der Waals surface area contributed by atoms with Crippen LogP contribution in [0.5, 0.6) is 0 Å². The zero-order chi connectivity index (χ0) is 15.2. The quantitative estimate of drug-likeness (QED) is 0.738. The molecule has 21 heavy (non-hydrogen) atoms. The van der Waals surface area contributed by atoms with Crippen LogP contribution in [0.3, 0.4) is 0 Å². The van der Waals surface area contributed by atoms with Crippen LogP contribution in [0.2, 0.25) is 0 Å². The molecule has 7 heteroatoms. The summed E-state index contributed by atoms with van der Waals surface area (Å²) < 4.78 is 43.8. The van der Waals surface area contributed by atoms with Crippen LogP contribution in [0, 0.1) is 5.82 Å². The molecule has 2 nitrogen and oxygen atoms in total. The van der Waals surface area contributed by atoms with Crippen molar-refractivity contribution in [2.24, 2.45) is 0 Å². The van der Waals surface area contributed by atoms with Crippen molar-refractivity contribution in [1.29, 1.82) is 0 Å². The fourth-order valence-corrected chi connectivity index (χ4v) is 2.59. The normalized spacial score (nSPS) is 11.3. The van der Waals surface area contributed by atoms with Gasteiger partial charge >= 0.3 is 0 Å². The van der Waals surface area contributed by atoms with Crippen molar-refractivity contribution in [1.82, 2.24) is 5.32 Å². The van der Waals surface area contributed by atoms with E-state index in [9.17, 15) is 13.2 Å². The second-order valence-corrected chi connectivity index (χ2v) is 6.17. The first-order chi connectivity index (χ1) is 10.0. The van der Waals surface area contributed by atoms with E-state index < -0.39 is 5.76 Å². The number of benzene rings is 1. The maximum absolute atomic E-state index is 13.5. The van der Waals surface area contributed by atoms with Gasteiger partial charge in [0.25, 0.3) is 5.76 Å². The highest BCUT2D eigenvalue weighted by molar-refractivity contribution is 9.10. The SMILES string of the molecule is Fc1ccc(Br)cc1CNCc1ccc(CSC(F)F)o1. The summed E-state index contributed by atoms with van der Waals surface area (Å²) in [4.78, 5) is 0. The molecule has 0 unspecified atom stereocenters. The average molecular weight is 380 g/mol. The molecule has 0 aliphatic rings. The van der Waals surface area contributed by atoms with E-state index in [1.165, 1.54) is 6.07 Å². The molecule has 1 heterocycles. The van der Waals surface area contributed by atoms with E-state index in [2.05, 4.69) is 21.2 Å². The summed E-state index contributed by atoms with van der Waals surface area (Å²) in [6.45, 7) is 0.762. The van der Waals surface area contributed by atoms with Crippen molar-refractivity contribution in [2.75, 3.05) is 0 Å². The van der Waals surface area contributed by atoms with Gasteiger partial charge in [-0.3, -0.25) is 0 Å². The Morgan fingerprint density at radius 1 is 1.14 bits per heavy atom. The van der Waals surface area contributed by atoms with Gasteiger partial charge in [0.1, 0.15) is 17.3 Å². The predicted octanol–water partition coefficient (Wildman–Crippen LogP) is 4.93. The van der Waals surface area contributed by atoms with E-state index >= 15 is 0 Å². The van der Waals surface area contributed by atoms with Crippen molar-refractivity contribution < 1.29 is 17.6 Å². The van der Waals surface area contributed by atoms with Crippen LogP contribution < -0.4 is 5.32 Å². The Morgan fingerprint density at radius 3 is 2.67 bits per heavy atom. The van der Waals surface area contributed by atoms with Gasteiger partial charge in [-0.15, -0.1) is 0 Å². The fraction of sp³-hybridized carbons (Fsp3) is 0.286. The summed E-state index contributed by atoms with van der Waals surface area (Å²) >= 11 is 3.81. The van der Waals surface area contributed by atoms with Gasteiger partial charge in [0.15, 0.2) is 0 Å². The third-order valence-electron chi connectivity index (χ3n) is 2.69. The van der Waals surface area contributed by atoms with E-state index in [0.717, 1.165) is 4.47 Å². The zero-order valence-corrected chi connectivity index (χ0v) is 13.3. The molecule has 0 fully saturated rings. The Bertz CT molecular complexity index is 591. The summed E-state index contributed by atoms with van der Waals surface area (Å²) in [5.74, 6) is -1.41. The smallest absolute Gasteiger partial charge is 0.284 e. The Kier molecular flexibility index (Phi) is 6.20. The molecule has 1 aromatic carbocycles. The molecule has 2 rings (SSSR count). The Balaban J connectivity index is 1.82. The monoisotopic (exact) mass is 379 g/mol. The number of furan rings is 1. The van der Waals surface area contributed by atoms with Crippen LogP contribution in [0.4, 0.5) is 13.2 Å². The minimum atomic E-state index is -2.41. The van der Waals surface area contributed by atoms with E-state index in [-0.39, 0.29) is 11.6 Å². The summed E-state index contributed by atoms with van der Waals surface area (Å²) in [5.41, 5.74) is 0.546. The molecular weight excluding hydrogens is 367 g/mol. The first kappa shape index (κ1) is 16.5. The Labute approximate surface area is 133 Å². The Hall–Kier alpha value is -0.920. The summed E-state index contributed by atoms with van der Waals surface area (Å²) in [7, 11) is 0. The number of hydrogen-bond acceptors (Lipinski definition) is 3. The molecule has 0 aliphatic heterocycles. The third kappa shape index (κ3) is 5.41. The van der Waals surface area contributed by atoms with Crippen molar-refractivity contribution in [3.63, 3.8) is 0 Å². The van der Waals surface area contributed by atoms with E-state index in [0.29, 0.717) is 41.9 Å². The van der Waals surface area contributed by atoms with E-state index in [4.69, 9.17) is 4.42 Å². The lowest BCUT2D eigenvalue weighted by Crippen LogP contribution is -2.13. The van der Waals surface area contributed by atoms with Gasteiger partial charge in [-0.1, -0.05) is 27.7 Å². The lowest BCUT2D eigenvalue weighted by Gasteiger charge is -2.05. The summed E-state index contributed by atoms with van der Waals surface area (Å²) in [6.07, 6.45) is 0. The Morgan fingerprint density at radius 2 is 1.90 bits per heavy atom. The van der Waals surface area contributed by atoms with Gasteiger partial charge in [0.05, 0.1) is 12.3 Å². The van der Waals surface area contributed by atoms with Crippen molar-refractivity contribution in [3.8, 4) is 0 Å². The minimum absolute atomic E-state index is 0.137. The molecule has 0 saturated heterocycles. The summed E-state index contributed by atoms with van der Waals surface area (Å²) in [5, 5.41) is 3.05. The highest BCUT2D eigenvalue weighted by atomic mass is 79.9. The van der Waals surface area contributed by atoms with Crippen LogP contribution in [0.15, 0.2) is 39.2 Å². The second kappa shape index (κ2) is 7.91. The molecule has 0 radical (unpaired) electrons. The zero-order valence-electron chi connectivity index (χ0n) is 10.9. The molecule has 0 amide bonds. The molecule has 1 aromatic heterocycles. The van der Waals surface area contributed by atoms with Gasteiger partial charge in [-0.25, -0.2) is 4.39 Å². The van der Waals surface area contributed by atoms with Gasteiger partial charge in [-0.05, 0) is 30.3 Å². The fourth-order valence-electron chi connectivity index (χ4n) is 1.74. The summed E-state index contributed by atoms with van der Waals surface area (Å²) in [6, 6.07) is 8.14. The van der Waals surface area contributed by atoms with E-state index in [1.807, 2.05) is 0 Å². The molecule has 0 spiro atoms. The molecule has 0 aliphatic carbocycles. The van der Waals surface area contributed by atoms with Crippen LogP contribution in [0.1, 0.15) is 17.1 Å². The van der Waals surface area contributed by atoms with Crippen molar-refractivity contribution in [3.05, 3.63) is 57.7 Å². The maximum Gasteiger partial charge on any atom is 0.284 e. The second-order valence-electron chi connectivity index (χ2n) is 4.28. The highest BCUT2D eigenvalue weighted by Crippen LogP contribution is 2.21. The molecule has 114 valence electrons. The minimum Gasteiger partial charge on any atom is -0.464 e. The predicted molar refractivity (Wildman–Crippen MR) is 80.7 cm³/mol. The van der Waals surface area contributed by atoms with E-state index in [1.54, 1.807) is 24.3 Å². The van der Waals surface area contributed by atoms with Gasteiger partial charge in [0.2, 0.25) is 0 Å². The number of halogens is 4. The lowest BCUT2D eigenvalue weighted by molar-refractivity contribution is 0.251. The standard InChI is InChI=1S/C14H13BrF3NOS/c15-10-1-4-13(16)9(5-10)6-19-7-11-2-3-12(20-11)8-21-14(17)18/h1-5,14,19H,6-8H2. The van der Waals surface area contributed by atoms with Crippen LogP contribution in [-0.2, 0) is 18.8 Å². The number of alkyl halides is 2. The third-order valence-corrected chi connectivity index (χ3v) is 3.89. The topological polar surface area (TPSA) is 25.2 Å². The molecule has 2 aromatic rings. The number of hydrogen-bond donors (Lipinski definition) is 1. The molecule has 0 atom stereocenters. The van der Waals surface area contributed by atoms with Crippen molar-refractivity contribution >= 4 is 27.7 Å². The maximum atomic E-state index is 13.5. The van der Waals surface area contributed by atoms with Gasteiger partial charge in [-0.2, -0.15) is 8.78 Å². The van der Waals surface area contributed by atoms with Gasteiger partial charge in [0, 0.05) is 16.6 Å². The molecule has 0 saturated carbocycles. The number of thioether (sulfide) groups is 1. The van der Waals surface area contributed by atoms with Crippen molar-refractivity contribution in [2.45, 2.75) is 24.6 Å². The number of rotatable bonds is 7. The van der Waals surface area contributed by atoms with Gasteiger partial charge < -0.3 is 9.73 Å². The molecule has 1 N–H and O–H groups in total. The van der Waals surface area contributed by atoms with Crippen LogP contribution >= 0.6 is 27.7 Å². The first-order valence-corrected chi connectivity index (χ1v) is 8.01. The number of nitrogens with one attached hydrogen (secondary N) is 1. The molecule has 0 bridgehead atoms. The van der Waals surface area contributed by atoms with Crippen LogP contribution in [0.25, 0.3) is 0 Å². The highest BCUT2D eigenvalue weighted by Gasteiger charge is 2.08. The van der Waals surface area contributed by atoms with Crippen LogP contribution in [-0.4, -0.2) is 5.76 Å². The largest absolute Gasteiger partial charge is 0.464 e. The average Bonchev–Trinajstić information content (AvgIpc) is 2.88. The molecular formula is C14H13BrF3NOS. The first-order valence-electron chi connectivity index (χ1n) is 6.16. The lowest BCUT2D eigenvalue weighted by atomic mass is 10.2.